The van der Waals surface area contributed by atoms with Crippen molar-refractivity contribution in [1.29, 1.82) is 0 Å². The molecule has 9 heteroatoms. The molecule has 2 aliphatic rings. The molecule has 2 amide bonds. The number of allylic oxidation sites excluding steroid dienone is 2. The maximum atomic E-state index is 13.2. The lowest BCUT2D eigenvalue weighted by Gasteiger charge is -2.27. The Morgan fingerprint density at radius 1 is 1.25 bits per heavy atom. The molecule has 0 spiro atoms. The highest BCUT2D eigenvalue weighted by Crippen LogP contribution is 2.37. The first-order chi connectivity index (χ1) is 11.2. The van der Waals surface area contributed by atoms with Crippen LogP contribution in [0.2, 0.25) is 0 Å². The number of imide groups is 1. The van der Waals surface area contributed by atoms with Crippen molar-refractivity contribution in [1.82, 2.24) is 14.9 Å². The molecule has 0 aromatic carbocycles. The molecule has 0 bridgehead atoms. The summed E-state index contributed by atoms with van der Waals surface area (Å²) in [5, 5.41) is 2.10. The Morgan fingerprint density at radius 2 is 1.96 bits per heavy atom. The van der Waals surface area contributed by atoms with Crippen LogP contribution >= 0.6 is 0 Å². The Morgan fingerprint density at radius 3 is 2.58 bits per heavy atom. The molecule has 1 unspecified atom stereocenters. The highest BCUT2D eigenvalue weighted by molar-refractivity contribution is 5.99. The first-order valence-electron chi connectivity index (χ1n) is 7.43. The molecular formula is C15H14F3N3O3. The lowest BCUT2D eigenvalue weighted by molar-refractivity contribution is -0.135. The summed E-state index contributed by atoms with van der Waals surface area (Å²) in [6.07, 6.45) is -3.24. The van der Waals surface area contributed by atoms with Gasteiger partial charge in [0.2, 0.25) is 11.8 Å². The average Bonchev–Trinajstić information content (AvgIpc) is 2.47. The summed E-state index contributed by atoms with van der Waals surface area (Å²) < 4.78 is 40.7. The van der Waals surface area contributed by atoms with E-state index < -0.39 is 40.7 Å². The third kappa shape index (κ3) is 2.63. The summed E-state index contributed by atoms with van der Waals surface area (Å²) in [4.78, 5) is 40.1. The minimum Gasteiger partial charge on any atom is -0.295 e. The third-order valence-electron chi connectivity index (χ3n) is 4.19. The van der Waals surface area contributed by atoms with E-state index in [1.54, 1.807) is 0 Å². The third-order valence-corrected chi connectivity index (χ3v) is 4.19. The Balaban J connectivity index is 2.18. The molecule has 24 heavy (non-hydrogen) atoms. The van der Waals surface area contributed by atoms with Crippen LogP contribution in [0.15, 0.2) is 10.9 Å². The minimum absolute atomic E-state index is 0.0152. The predicted molar refractivity (Wildman–Crippen MR) is 77.0 cm³/mol. The fourth-order valence-corrected chi connectivity index (χ4v) is 3.16. The van der Waals surface area contributed by atoms with Crippen molar-refractivity contribution in [3.05, 3.63) is 33.5 Å². The fourth-order valence-electron chi connectivity index (χ4n) is 3.16. The number of halogens is 3. The van der Waals surface area contributed by atoms with Crippen molar-refractivity contribution in [2.75, 3.05) is 0 Å². The van der Waals surface area contributed by atoms with Gasteiger partial charge in [0.25, 0.3) is 5.56 Å². The molecule has 1 aromatic heterocycles. The van der Waals surface area contributed by atoms with Gasteiger partial charge >= 0.3 is 6.18 Å². The minimum atomic E-state index is -4.67. The number of aromatic nitrogens is 2. The molecule has 128 valence electrons. The number of amides is 2. The summed E-state index contributed by atoms with van der Waals surface area (Å²) in [5.41, 5.74) is -2.31. The molecule has 1 fully saturated rings. The average molecular weight is 341 g/mol. The van der Waals surface area contributed by atoms with Crippen LogP contribution in [0.1, 0.15) is 42.4 Å². The van der Waals surface area contributed by atoms with Gasteiger partial charge in [0, 0.05) is 6.42 Å². The number of carbonyl (C=O) groups is 2. The zero-order valence-electron chi connectivity index (χ0n) is 12.7. The molecule has 3 rings (SSSR count). The molecule has 1 aliphatic heterocycles. The van der Waals surface area contributed by atoms with E-state index in [0.717, 1.165) is 10.6 Å². The van der Waals surface area contributed by atoms with Gasteiger partial charge in [-0.25, -0.2) is 4.98 Å². The largest absolute Gasteiger partial charge is 0.416 e. The highest BCUT2D eigenvalue weighted by Gasteiger charge is 2.40. The fraction of sp³-hybridized carbons (Fsp3) is 0.467. The monoisotopic (exact) mass is 341 g/mol. The van der Waals surface area contributed by atoms with Crippen LogP contribution in [0.4, 0.5) is 13.2 Å². The van der Waals surface area contributed by atoms with E-state index in [0.29, 0.717) is 0 Å². The number of hydrogen-bond donors (Lipinski definition) is 1. The van der Waals surface area contributed by atoms with E-state index in [2.05, 4.69) is 10.3 Å². The van der Waals surface area contributed by atoms with Gasteiger partial charge in [-0.05, 0) is 26.2 Å². The summed E-state index contributed by atoms with van der Waals surface area (Å²) >= 11 is 0. The Hall–Kier alpha value is -2.45. The van der Waals surface area contributed by atoms with Crippen molar-refractivity contribution in [3.63, 3.8) is 0 Å². The molecule has 1 atom stereocenters. The first kappa shape index (κ1) is 16.4. The van der Waals surface area contributed by atoms with Crippen LogP contribution in [0.5, 0.6) is 0 Å². The number of carbonyl (C=O) groups excluding carboxylic acids is 2. The van der Waals surface area contributed by atoms with Crippen LogP contribution < -0.4 is 10.9 Å². The van der Waals surface area contributed by atoms with Crippen molar-refractivity contribution in [2.24, 2.45) is 0 Å². The number of nitrogens with zero attached hydrogens (tertiary/aromatic N) is 2. The van der Waals surface area contributed by atoms with Crippen molar-refractivity contribution in [2.45, 2.75) is 44.8 Å². The van der Waals surface area contributed by atoms with Crippen LogP contribution in [0.3, 0.4) is 0 Å². The number of fused-ring (bicyclic) bond motifs is 1. The van der Waals surface area contributed by atoms with Gasteiger partial charge in [-0.1, -0.05) is 6.08 Å². The summed E-state index contributed by atoms with van der Waals surface area (Å²) in [7, 11) is 0. The van der Waals surface area contributed by atoms with E-state index >= 15 is 0 Å². The van der Waals surface area contributed by atoms with Crippen molar-refractivity contribution in [3.8, 4) is 0 Å². The normalized spacial score (nSPS) is 21.2. The van der Waals surface area contributed by atoms with Crippen LogP contribution in [0, 0.1) is 6.92 Å². The van der Waals surface area contributed by atoms with Crippen molar-refractivity contribution >= 4 is 17.4 Å². The van der Waals surface area contributed by atoms with Gasteiger partial charge in [0.05, 0.1) is 16.8 Å². The smallest absolute Gasteiger partial charge is 0.295 e. The summed E-state index contributed by atoms with van der Waals surface area (Å²) in [6.45, 7) is 1.47. The Labute approximate surface area is 134 Å². The number of piperidine rings is 1. The molecule has 1 aromatic rings. The molecule has 1 aliphatic carbocycles. The predicted octanol–water partition coefficient (Wildman–Crippen LogP) is 1.42. The SMILES string of the molecule is Cc1nc2c(c(=O)n1C1CCC(=O)NC1=O)C(C(F)(F)F)=CCC2. The highest BCUT2D eigenvalue weighted by atomic mass is 19.4. The number of alkyl halides is 3. The molecular weight excluding hydrogens is 327 g/mol. The number of nitrogens with one attached hydrogen (secondary N) is 1. The zero-order valence-corrected chi connectivity index (χ0v) is 12.7. The number of hydrogen-bond acceptors (Lipinski definition) is 4. The van der Waals surface area contributed by atoms with Gasteiger partial charge < -0.3 is 0 Å². The molecule has 0 radical (unpaired) electrons. The van der Waals surface area contributed by atoms with Crippen LogP contribution in [-0.2, 0) is 16.0 Å². The van der Waals surface area contributed by atoms with E-state index in [1.807, 2.05) is 0 Å². The lowest BCUT2D eigenvalue weighted by atomic mass is 9.94. The van der Waals surface area contributed by atoms with Crippen LogP contribution in [0.25, 0.3) is 5.57 Å². The quantitative estimate of drug-likeness (QED) is 0.784. The Bertz CT molecular complexity index is 824. The van der Waals surface area contributed by atoms with Gasteiger partial charge in [0.15, 0.2) is 0 Å². The molecule has 1 saturated heterocycles. The van der Waals surface area contributed by atoms with Gasteiger partial charge in [0.1, 0.15) is 11.9 Å². The maximum Gasteiger partial charge on any atom is 0.416 e. The van der Waals surface area contributed by atoms with Gasteiger partial charge in [-0.15, -0.1) is 0 Å². The maximum absolute atomic E-state index is 13.2. The molecule has 2 heterocycles. The second-order valence-electron chi connectivity index (χ2n) is 5.78. The van der Waals surface area contributed by atoms with E-state index in [-0.39, 0.29) is 37.2 Å². The van der Waals surface area contributed by atoms with Crippen LogP contribution in [-0.4, -0.2) is 27.5 Å². The van der Waals surface area contributed by atoms with Gasteiger partial charge in [-0.3, -0.25) is 24.3 Å². The second kappa shape index (κ2) is 5.57. The lowest BCUT2D eigenvalue weighted by Crippen LogP contribution is -2.46. The van der Waals surface area contributed by atoms with Crippen molar-refractivity contribution < 1.29 is 22.8 Å². The second-order valence-corrected chi connectivity index (χ2v) is 5.78. The zero-order chi connectivity index (χ0) is 17.6. The number of rotatable bonds is 1. The molecule has 1 N–H and O–H groups in total. The van der Waals surface area contributed by atoms with E-state index in [1.165, 1.54) is 6.92 Å². The van der Waals surface area contributed by atoms with Gasteiger partial charge in [-0.2, -0.15) is 13.2 Å². The van der Waals surface area contributed by atoms with E-state index in [4.69, 9.17) is 0 Å². The summed E-state index contributed by atoms with van der Waals surface area (Å²) in [6, 6.07) is -1.04. The topological polar surface area (TPSA) is 81.1 Å². The molecule has 6 nitrogen and oxygen atoms in total. The molecule has 0 saturated carbocycles. The Kier molecular flexibility index (Phi) is 3.81. The van der Waals surface area contributed by atoms with E-state index in [9.17, 15) is 27.6 Å². The first-order valence-corrected chi connectivity index (χ1v) is 7.43. The number of aryl methyl sites for hydroxylation is 2. The standard InChI is InChI=1S/C15H14F3N3O3/c1-7-19-9-4-2-3-8(15(16,17)18)12(9)14(24)21(7)10-5-6-11(22)20-13(10)23/h3,10H,2,4-6H2,1H3,(H,20,22,23). The summed E-state index contributed by atoms with van der Waals surface area (Å²) in [5.74, 6) is -1.01.